The van der Waals surface area contributed by atoms with Crippen LogP contribution in [0.5, 0.6) is 0 Å². The molecule has 14 aliphatic rings. The van der Waals surface area contributed by atoms with Gasteiger partial charge in [-0.3, -0.25) is 0 Å². The first kappa shape index (κ1) is 10.5. The second-order valence-electron chi connectivity index (χ2n) is 14.3. The topological polar surface area (TPSA) is 0 Å². The molecule has 0 heterocycles. The van der Waals surface area contributed by atoms with E-state index in [2.05, 4.69) is 22.6 Å². The molecule has 0 aromatic heterocycles. The zero-order valence-electron chi connectivity index (χ0n) is 14.2. The maximum absolute atomic E-state index is 2.94. The Kier molecular flexibility index (Phi) is 0.814. The van der Waals surface area contributed by atoms with Crippen molar-refractivity contribution in [3.8, 4) is 0 Å². The number of rotatable bonds is 0. The highest BCUT2D eigenvalue weighted by molar-refractivity contribution is 14.1. The van der Waals surface area contributed by atoms with Crippen molar-refractivity contribution in [2.45, 2.75) is 23.2 Å². The van der Waals surface area contributed by atoms with E-state index in [9.17, 15) is 0 Å². The van der Waals surface area contributed by atoms with E-state index in [0.29, 0.717) is 0 Å². The lowest BCUT2D eigenvalue weighted by Crippen LogP contribution is -3.29. The fourth-order valence-electron chi connectivity index (χ4n) is 20.1. The van der Waals surface area contributed by atoms with Gasteiger partial charge < -0.3 is 0 Å². The van der Waals surface area contributed by atoms with Gasteiger partial charge in [0.05, 0.1) is 0 Å². The molecule has 14 saturated carbocycles. The van der Waals surface area contributed by atoms with E-state index in [-0.39, 0.29) is 0 Å². The van der Waals surface area contributed by atoms with E-state index in [4.69, 9.17) is 0 Å². The van der Waals surface area contributed by atoms with Gasteiger partial charge in [-0.05, 0) is 135 Å². The fourth-order valence-corrected chi connectivity index (χ4v) is 22.0. The van der Waals surface area contributed by atoms with Crippen LogP contribution in [0, 0.1) is 115 Å². The lowest BCUT2D eigenvalue weighted by Gasteiger charge is -3.31. The van der Waals surface area contributed by atoms with Gasteiger partial charge in [-0.2, -0.15) is 0 Å². The average Bonchev–Trinajstić information content (AvgIpc) is 2.48. The Labute approximate surface area is 160 Å². The second-order valence-corrected chi connectivity index (χ2v) is 15.8. The normalized spacial score (nSPS) is 114. The molecule has 1 heteroatoms. The summed E-state index contributed by atoms with van der Waals surface area (Å²) in [6.07, 6.45) is 5.16. The van der Waals surface area contributed by atoms with Crippen LogP contribution in [-0.4, -0.2) is 3.92 Å². The number of hydrogen-bond donors (Lipinski definition) is 0. The van der Waals surface area contributed by atoms with E-state index in [1.807, 2.05) is 0 Å². The third kappa shape index (κ3) is 0.355. The van der Waals surface area contributed by atoms with Crippen LogP contribution in [0.25, 0.3) is 0 Å². The van der Waals surface area contributed by atoms with Gasteiger partial charge in [0, 0.05) is 3.92 Å². The van der Waals surface area contributed by atoms with Crippen LogP contribution in [0.1, 0.15) is 19.3 Å². The van der Waals surface area contributed by atoms with Crippen molar-refractivity contribution < 1.29 is 0 Å². The Morgan fingerprint density at radius 2 is 1.00 bits per heavy atom. The average molecular weight is 436 g/mol. The molecule has 14 fully saturated rings. The van der Waals surface area contributed by atoms with Gasteiger partial charge in [0.15, 0.2) is 0 Å². The Morgan fingerprint density at radius 1 is 0.480 bits per heavy atom. The highest BCUT2D eigenvalue weighted by Crippen LogP contribution is 3.32. The summed E-state index contributed by atoms with van der Waals surface area (Å²) in [7, 11) is 0. The smallest absolute Gasteiger partial charge is 0.0181 e. The highest BCUT2D eigenvalue weighted by Gasteiger charge is 3.29. The van der Waals surface area contributed by atoms with Crippen molar-refractivity contribution in [2.24, 2.45) is 115 Å². The largest absolute Gasteiger partial charge is 0.0820 e. The van der Waals surface area contributed by atoms with Crippen molar-refractivity contribution in [3.63, 3.8) is 0 Å². The minimum absolute atomic E-state index is 1.04. The van der Waals surface area contributed by atoms with Gasteiger partial charge >= 0.3 is 0 Å². The molecule has 0 aromatic rings. The summed E-state index contributed by atoms with van der Waals surface area (Å²) in [4.78, 5) is 0. The molecular formula is C24H21I. The molecule has 21 atom stereocenters. The summed E-state index contributed by atoms with van der Waals surface area (Å²) in [6, 6.07) is 0. The first-order valence-corrected chi connectivity index (χ1v) is 13.2. The minimum Gasteiger partial charge on any atom is -0.0820 e. The summed E-state index contributed by atoms with van der Waals surface area (Å²) < 4.78 is 1.14. The standard InChI is InChI=1S/C24H21I/c25-18-8-3-7-11-13-12-9-5-1-4-2-6-10-14-15-16-17(18)20(7,8)22(11,16)24(13,15)23(12,14)21(9,10)19(4,5)6/h4-18H,1-3H2. The van der Waals surface area contributed by atoms with Crippen molar-refractivity contribution in [2.75, 3.05) is 0 Å². The van der Waals surface area contributed by atoms with E-state index >= 15 is 0 Å². The molecule has 25 heavy (non-hydrogen) atoms. The summed E-state index contributed by atoms with van der Waals surface area (Å²) in [5, 5.41) is 0. The van der Waals surface area contributed by atoms with E-state index in [1.165, 1.54) is 82.9 Å². The number of halogens is 1. The SMILES string of the molecule is IC1C2CC3C4C5C6C7C8CC9CC%10C%11C%12C%13C%14C1C23C4%14C5%13C6%12C7%11C98%10. The fraction of sp³-hybridized carbons (Fsp3) is 1.00. The molecule has 0 radical (unpaired) electrons. The molecule has 14 rings (SSSR count). The van der Waals surface area contributed by atoms with Crippen LogP contribution in [0.15, 0.2) is 0 Å². The Balaban J connectivity index is 1.11. The lowest BCUT2D eigenvalue weighted by molar-refractivity contribution is -0.856. The molecule has 0 saturated heterocycles. The molecule has 0 bridgehead atoms. The Morgan fingerprint density at radius 3 is 1.64 bits per heavy atom. The van der Waals surface area contributed by atoms with Crippen LogP contribution >= 0.6 is 22.6 Å². The van der Waals surface area contributed by atoms with Crippen molar-refractivity contribution in [1.82, 2.24) is 0 Å². The van der Waals surface area contributed by atoms with Gasteiger partial charge in [-0.15, -0.1) is 0 Å². The quantitative estimate of drug-likeness (QED) is 0.402. The first-order valence-electron chi connectivity index (χ1n) is 12.0. The third-order valence-electron chi connectivity index (χ3n) is 17.7. The van der Waals surface area contributed by atoms with Crippen LogP contribution in [0.3, 0.4) is 0 Å². The lowest BCUT2D eigenvalue weighted by atomic mass is 8.72. The summed E-state index contributed by atoms with van der Waals surface area (Å²) in [5.41, 5.74) is 6.44. The molecule has 0 nitrogen and oxygen atoms in total. The van der Waals surface area contributed by atoms with Crippen molar-refractivity contribution in [1.29, 1.82) is 0 Å². The van der Waals surface area contributed by atoms with Gasteiger partial charge in [0.1, 0.15) is 0 Å². The van der Waals surface area contributed by atoms with E-state index in [0.717, 1.165) is 36.4 Å². The molecule has 0 amide bonds. The zero-order valence-corrected chi connectivity index (χ0v) is 16.3. The van der Waals surface area contributed by atoms with E-state index in [1.54, 1.807) is 19.3 Å². The van der Waals surface area contributed by atoms with Crippen LogP contribution in [-0.2, 0) is 0 Å². The Hall–Kier alpha value is 0.730. The maximum Gasteiger partial charge on any atom is 0.0181 e. The zero-order chi connectivity index (χ0) is 14.8. The molecular weight excluding hydrogens is 415 g/mol. The third-order valence-corrected chi connectivity index (χ3v) is 19.3. The molecule has 21 unspecified atom stereocenters. The van der Waals surface area contributed by atoms with Crippen LogP contribution in [0.4, 0.5) is 0 Å². The monoisotopic (exact) mass is 436 g/mol. The molecule has 6 spiro atoms. The van der Waals surface area contributed by atoms with Gasteiger partial charge in [0.2, 0.25) is 0 Å². The van der Waals surface area contributed by atoms with Gasteiger partial charge in [0.25, 0.3) is 0 Å². The second kappa shape index (κ2) is 1.94. The summed E-state index contributed by atoms with van der Waals surface area (Å²) in [5.74, 6) is 18.4. The maximum atomic E-state index is 2.94. The van der Waals surface area contributed by atoms with E-state index < -0.39 is 0 Å². The molecule has 0 aliphatic heterocycles. The summed E-state index contributed by atoms with van der Waals surface area (Å²) >= 11 is 2.94. The minimum atomic E-state index is 1.04. The molecule has 0 aromatic carbocycles. The molecule has 0 N–H and O–H groups in total. The Bertz CT molecular complexity index is 1080. The first-order chi connectivity index (χ1) is 12.3. The van der Waals surface area contributed by atoms with Gasteiger partial charge in [-0.1, -0.05) is 22.6 Å². The van der Waals surface area contributed by atoms with Crippen molar-refractivity contribution in [3.05, 3.63) is 0 Å². The van der Waals surface area contributed by atoms with Crippen LogP contribution in [0.2, 0.25) is 0 Å². The predicted octanol–water partition coefficient (Wildman–Crippen LogP) is 3.70. The van der Waals surface area contributed by atoms with Gasteiger partial charge in [-0.25, -0.2) is 0 Å². The van der Waals surface area contributed by atoms with Crippen molar-refractivity contribution >= 4 is 22.6 Å². The number of fused-ring (bicyclic) bond motifs is 10. The number of hydrogen-bond acceptors (Lipinski definition) is 0. The summed E-state index contributed by atoms with van der Waals surface area (Å²) in [6.45, 7) is 0. The molecule has 14 aliphatic carbocycles. The molecule has 124 valence electrons. The highest BCUT2D eigenvalue weighted by atomic mass is 127. The van der Waals surface area contributed by atoms with Crippen LogP contribution < -0.4 is 0 Å². The predicted molar refractivity (Wildman–Crippen MR) is 95.1 cm³/mol. The number of alkyl halides is 1.